The van der Waals surface area contributed by atoms with Gasteiger partial charge < -0.3 is 25.3 Å². The number of hydrogen-bond donors (Lipinski definition) is 3. The smallest absolute Gasteiger partial charge is 0.271 e. The lowest BCUT2D eigenvalue weighted by Crippen LogP contribution is -2.51. The first-order chi connectivity index (χ1) is 16.5. The average molecular weight is 463 g/mol. The Balaban J connectivity index is 1.37. The number of fused-ring (bicyclic) bond motifs is 2. The Morgan fingerprint density at radius 3 is 2.91 bits per heavy atom. The van der Waals surface area contributed by atoms with E-state index in [1.165, 1.54) is 0 Å². The first kappa shape index (κ1) is 22.3. The minimum atomic E-state index is -0.568. The van der Waals surface area contributed by atoms with E-state index in [1.807, 2.05) is 18.2 Å². The van der Waals surface area contributed by atoms with Crippen molar-refractivity contribution in [2.75, 3.05) is 20.2 Å². The molecule has 178 valence electrons. The minimum Gasteiger partial charge on any atom is -0.496 e. The van der Waals surface area contributed by atoms with Crippen molar-refractivity contribution in [3.8, 4) is 18.1 Å². The van der Waals surface area contributed by atoms with Crippen LogP contribution in [0, 0.1) is 30.1 Å². The lowest BCUT2D eigenvalue weighted by Gasteiger charge is -2.28. The summed E-state index contributed by atoms with van der Waals surface area (Å²) in [6, 6.07) is 6.30. The molecule has 34 heavy (non-hydrogen) atoms. The summed E-state index contributed by atoms with van der Waals surface area (Å²) in [5.74, 6) is 3.13. The third-order valence-electron chi connectivity index (χ3n) is 7.70. The van der Waals surface area contributed by atoms with Crippen LogP contribution in [0.2, 0.25) is 0 Å². The number of aromatic nitrogens is 1. The first-order valence-electron chi connectivity index (χ1n) is 12.0. The van der Waals surface area contributed by atoms with Crippen molar-refractivity contribution in [1.82, 2.24) is 20.5 Å². The van der Waals surface area contributed by atoms with Crippen LogP contribution in [-0.4, -0.2) is 59.9 Å². The van der Waals surface area contributed by atoms with Crippen molar-refractivity contribution in [3.63, 3.8) is 0 Å². The SMILES string of the molecule is C#C[C@H](C[C@@H]1CCNC1=O)NC(=O)[C@@H]1[C@H]2CCC[C@H]2CN1C(=O)c1cc2c(OC)cccc2[nH]1. The van der Waals surface area contributed by atoms with Crippen LogP contribution in [0.5, 0.6) is 5.75 Å². The van der Waals surface area contributed by atoms with Gasteiger partial charge in [-0.3, -0.25) is 14.4 Å². The number of methoxy groups -OCH3 is 1. The molecule has 2 saturated heterocycles. The molecule has 2 aliphatic heterocycles. The summed E-state index contributed by atoms with van der Waals surface area (Å²) in [6.45, 7) is 1.19. The molecule has 3 fully saturated rings. The largest absolute Gasteiger partial charge is 0.496 e. The minimum absolute atomic E-state index is 0.0164. The molecule has 1 aliphatic carbocycles. The van der Waals surface area contributed by atoms with E-state index in [1.54, 1.807) is 18.1 Å². The fourth-order valence-electron chi connectivity index (χ4n) is 6.01. The summed E-state index contributed by atoms with van der Waals surface area (Å²) >= 11 is 0. The van der Waals surface area contributed by atoms with Crippen LogP contribution in [0.1, 0.15) is 42.6 Å². The average Bonchev–Trinajstić information content (AvgIpc) is 3.61. The standard InChI is InChI=1S/C26H30N4O4/c1-3-17(12-15-10-11-27-24(15)31)28-25(32)23-18-7-4-6-16(18)14-30(23)26(33)21-13-19-20(29-21)8-5-9-22(19)34-2/h1,5,8-9,13,15-18,23,29H,4,6-7,10-12,14H2,2H3,(H,27,31)(H,28,32)/t15-,16-,17+,18-,23-/m0/s1. The number of likely N-dealkylation sites (tertiary alicyclic amines) is 1. The van der Waals surface area contributed by atoms with E-state index in [0.29, 0.717) is 36.9 Å². The molecule has 3 N–H and O–H groups in total. The van der Waals surface area contributed by atoms with Gasteiger partial charge in [0.15, 0.2) is 0 Å². The lowest BCUT2D eigenvalue weighted by molar-refractivity contribution is -0.127. The van der Waals surface area contributed by atoms with Gasteiger partial charge in [0, 0.05) is 29.9 Å². The highest BCUT2D eigenvalue weighted by Gasteiger charge is 2.50. The van der Waals surface area contributed by atoms with Gasteiger partial charge in [-0.25, -0.2) is 0 Å². The molecule has 1 aromatic heterocycles. The van der Waals surface area contributed by atoms with Crippen molar-refractivity contribution in [2.45, 2.75) is 44.2 Å². The number of hydrogen-bond acceptors (Lipinski definition) is 4. The topological polar surface area (TPSA) is 104 Å². The molecule has 0 bridgehead atoms. The number of carbonyl (C=O) groups excluding carboxylic acids is 3. The third-order valence-corrected chi connectivity index (χ3v) is 7.70. The van der Waals surface area contributed by atoms with Gasteiger partial charge in [0.2, 0.25) is 11.8 Å². The Hall–Kier alpha value is -3.47. The Labute approximate surface area is 198 Å². The van der Waals surface area contributed by atoms with Crippen LogP contribution in [0.4, 0.5) is 0 Å². The van der Waals surface area contributed by atoms with E-state index in [0.717, 1.165) is 36.6 Å². The fraction of sp³-hybridized carbons (Fsp3) is 0.500. The van der Waals surface area contributed by atoms with Crippen LogP contribution in [-0.2, 0) is 9.59 Å². The maximum atomic E-state index is 13.6. The number of terminal acetylenes is 1. The molecule has 2 aromatic rings. The molecule has 3 heterocycles. The zero-order valence-electron chi connectivity index (χ0n) is 19.3. The number of aromatic amines is 1. The molecule has 3 aliphatic rings. The van der Waals surface area contributed by atoms with Gasteiger partial charge in [0.25, 0.3) is 5.91 Å². The predicted octanol–water partition coefficient (Wildman–Crippen LogP) is 2.06. The quantitative estimate of drug-likeness (QED) is 0.572. The molecule has 8 heteroatoms. The van der Waals surface area contributed by atoms with Gasteiger partial charge in [-0.05, 0) is 55.7 Å². The van der Waals surface area contributed by atoms with E-state index in [4.69, 9.17) is 11.2 Å². The monoisotopic (exact) mass is 462 g/mol. The number of benzene rings is 1. The Morgan fingerprint density at radius 2 is 2.18 bits per heavy atom. The van der Waals surface area contributed by atoms with Crippen LogP contribution in [0.25, 0.3) is 10.9 Å². The molecule has 3 amide bonds. The second-order valence-corrected chi connectivity index (χ2v) is 9.60. The summed E-state index contributed by atoms with van der Waals surface area (Å²) in [5.41, 5.74) is 1.25. The zero-order valence-corrected chi connectivity index (χ0v) is 19.3. The molecule has 0 spiro atoms. The van der Waals surface area contributed by atoms with Gasteiger partial charge in [-0.15, -0.1) is 6.42 Å². The molecule has 1 saturated carbocycles. The van der Waals surface area contributed by atoms with Gasteiger partial charge in [0.1, 0.15) is 17.5 Å². The maximum Gasteiger partial charge on any atom is 0.271 e. The summed E-state index contributed by atoms with van der Waals surface area (Å²) in [7, 11) is 1.60. The highest BCUT2D eigenvalue weighted by atomic mass is 16.5. The number of ether oxygens (including phenoxy) is 1. The van der Waals surface area contributed by atoms with Gasteiger partial charge in [-0.2, -0.15) is 0 Å². The normalized spacial score (nSPS) is 26.7. The maximum absolute atomic E-state index is 13.6. The lowest BCUT2D eigenvalue weighted by atomic mass is 9.92. The van der Waals surface area contributed by atoms with Crippen LogP contribution in [0.15, 0.2) is 24.3 Å². The third kappa shape index (κ3) is 3.89. The molecular weight excluding hydrogens is 432 g/mol. The number of amides is 3. The molecule has 0 radical (unpaired) electrons. The van der Waals surface area contributed by atoms with E-state index in [9.17, 15) is 14.4 Å². The van der Waals surface area contributed by atoms with Crippen molar-refractivity contribution < 1.29 is 19.1 Å². The van der Waals surface area contributed by atoms with Crippen LogP contribution in [0.3, 0.4) is 0 Å². The Bertz CT molecular complexity index is 1170. The molecular formula is C26H30N4O4. The first-order valence-corrected chi connectivity index (χ1v) is 12.0. The highest BCUT2D eigenvalue weighted by molar-refractivity contribution is 6.02. The van der Waals surface area contributed by atoms with E-state index >= 15 is 0 Å². The summed E-state index contributed by atoms with van der Waals surface area (Å²) in [4.78, 5) is 44.0. The number of nitrogens with one attached hydrogen (secondary N) is 3. The summed E-state index contributed by atoms with van der Waals surface area (Å²) < 4.78 is 5.43. The predicted molar refractivity (Wildman–Crippen MR) is 127 cm³/mol. The van der Waals surface area contributed by atoms with Crippen molar-refractivity contribution >= 4 is 28.6 Å². The van der Waals surface area contributed by atoms with Gasteiger partial charge in [0.05, 0.1) is 13.2 Å². The molecule has 5 atom stereocenters. The molecule has 8 nitrogen and oxygen atoms in total. The van der Waals surface area contributed by atoms with E-state index in [2.05, 4.69) is 21.5 Å². The van der Waals surface area contributed by atoms with Gasteiger partial charge >= 0.3 is 0 Å². The summed E-state index contributed by atoms with van der Waals surface area (Å²) in [6.07, 6.45) is 9.83. The number of H-pyrrole nitrogens is 1. The molecule has 0 unspecified atom stereocenters. The Morgan fingerprint density at radius 1 is 1.32 bits per heavy atom. The van der Waals surface area contributed by atoms with Crippen LogP contribution < -0.4 is 15.4 Å². The van der Waals surface area contributed by atoms with E-state index in [-0.39, 0.29) is 29.6 Å². The van der Waals surface area contributed by atoms with Crippen LogP contribution >= 0.6 is 0 Å². The number of nitrogens with zero attached hydrogens (tertiary/aromatic N) is 1. The number of rotatable bonds is 6. The highest BCUT2D eigenvalue weighted by Crippen LogP contribution is 2.43. The fourth-order valence-corrected chi connectivity index (χ4v) is 6.01. The van der Waals surface area contributed by atoms with E-state index < -0.39 is 12.1 Å². The Kier molecular flexibility index (Phi) is 5.94. The van der Waals surface area contributed by atoms with Crippen molar-refractivity contribution in [2.24, 2.45) is 17.8 Å². The summed E-state index contributed by atoms with van der Waals surface area (Å²) in [5, 5.41) is 6.61. The molecule has 1 aromatic carbocycles. The van der Waals surface area contributed by atoms with Crippen molar-refractivity contribution in [1.29, 1.82) is 0 Å². The van der Waals surface area contributed by atoms with Gasteiger partial charge in [-0.1, -0.05) is 18.4 Å². The van der Waals surface area contributed by atoms with Crippen molar-refractivity contribution in [3.05, 3.63) is 30.0 Å². The molecule has 5 rings (SSSR count). The zero-order chi connectivity index (χ0) is 23.8. The number of carbonyl (C=O) groups is 3. The second-order valence-electron chi connectivity index (χ2n) is 9.60. The second kappa shape index (κ2) is 9.05.